The van der Waals surface area contributed by atoms with Crippen molar-refractivity contribution in [2.75, 3.05) is 25.3 Å². The Kier molecular flexibility index (Phi) is 7.42. The lowest BCUT2D eigenvalue weighted by Crippen LogP contribution is -2.21. The third-order valence-corrected chi connectivity index (χ3v) is 4.07. The number of halogens is 2. The molecule has 0 aliphatic heterocycles. The van der Waals surface area contributed by atoms with E-state index in [1.165, 1.54) is 49.2 Å². The minimum atomic E-state index is -3.03. The molecule has 0 saturated heterocycles. The lowest BCUT2D eigenvalue weighted by molar-refractivity contribution is -0.119. The van der Waals surface area contributed by atoms with Crippen molar-refractivity contribution in [2.24, 2.45) is 0 Å². The second-order valence-electron chi connectivity index (χ2n) is 5.07. The molecule has 0 atom stereocenters. The molecule has 2 rings (SSSR count). The molecular weight excluding hydrogens is 380 g/mol. The van der Waals surface area contributed by atoms with Crippen LogP contribution in [0.15, 0.2) is 47.4 Å². The molecule has 0 spiro atoms. The van der Waals surface area contributed by atoms with Crippen LogP contribution in [0.3, 0.4) is 0 Å². The third kappa shape index (κ3) is 5.85. The minimum Gasteiger partial charge on any atom is -0.496 e. The summed E-state index contributed by atoms with van der Waals surface area (Å²) in [5, 5.41) is 2.36. The molecule has 0 aliphatic carbocycles. The summed E-state index contributed by atoms with van der Waals surface area (Å²) in [5.74, 6) is -1.32. The van der Waals surface area contributed by atoms with Crippen LogP contribution in [0.2, 0.25) is 0 Å². The predicted octanol–water partition coefficient (Wildman–Crippen LogP) is 3.81. The normalized spacial score (nSPS) is 10.4. The van der Waals surface area contributed by atoms with Crippen LogP contribution in [0.25, 0.3) is 0 Å². The Morgan fingerprint density at radius 3 is 2.56 bits per heavy atom. The van der Waals surface area contributed by atoms with Crippen molar-refractivity contribution >= 4 is 29.3 Å². The first-order valence-corrected chi connectivity index (χ1v) is 8.90. The maximum atomic E-state index is 12.4. The molecule has 9 heteroatoms. The number of anilines is 1. The molecule has 1 amide bonds. The lowest BCUT2D eigenvalue weighted by Gasteiger charge is -2.12. The molecule has 0 bridgehead atoms. The zero-order chi connectivity index (χ0) is 19.8. The Hall–Kier alpha value is -2.81. The molecule has 0 aliphatic rings. The lowest BCUT2D eigenvalue weighted by atomic mass is 10.2. The number of methoxy groups -OCH3 is 1. The van der Waals surface area contributed by atoms with Crippen LogP contribution in [-0.4, -0.2) is 38.5 Å². The number of carbonyl (C=O) groups is 2. The Labute approximate surface area is 158 Å². The maximum absolute atomic E-state index is 12.4. The molecule has 0 heterocycles. The highest BCUT2D eigenvalue weighted by Crippen LogP contribution is 2.27. The summed E-state index contributed by atoms with van der Waals surface area (Å²) in [4.78, 5) is 25.1. The number of rotatable bonds is 8. The van der Waals surface area contributed by atoms with Crippen molar-refractivity contribution in [1.82, 2.24) is 0 Å². The molecular formula is C18H17F2NO5S. The van der Waals surface area contributed by atoms with Crippen molar-refractivity contribution in [3.63, 3.8) is 0 Å². The number of amides is 1. The van der Waals surface area contributed by atoms with E-state index in [2.05, 4.69) is 10.1 Å². The third-order valence-electron chi connectivity index (χ3n) is 3.34. The summed E-state index contributed by atoms with van der Waals surface area (Å²) in [6, 6.07) is 10.6. The Morgan fingerprint density at radius 1 is 1.15 bits per heavy atom. The molecule has 0 saturated carbocycles. The summed E-state index contributed by atoms with van der Waals surface area (Å²) >= 11 is 1.48. The van der Waals surface area contributed by atoms with Crippen LogP contribution in [0, 0.1) is 0 Å². The molecule has 0 fully saturated rings. The molecule has 2 aromatic rings. The fourth-order valence-electron chi connectivity index (χ4n) is 2.13. The Morgan fingerprint density at radius 2 is 1.89 bits per heavy atom. The van der Waals surface area contributed by atoms with Gasteiger partial charge in [0.25, 0.3) is 5.91 Å². The van der Waals surface area contributed by atoms with Gasteiger partial charge in [0.1, 0.15) is 17.1 Å². The van der Waals surface area contributed by atoms with Crippen LogP contribution in [0.1, 0.15) is 10.4 Å². The standard InChI is InChI=1S/C18H17F2NO5S/c1-24-15-9-11(27-2)7-8-12(15)17(23)25-10-16(22)21-13-5-3-4-6-14(13)26-18(19)20/h3-9,18H,10H2,1-2H3,(H,21,22). The van der Waals surface area contributed by atoms with Gasteiger partial charge in [0.15, 0.2) is 6.61 Å². The first kappa shape index (κ1) is 20.5. The molecule has 1 N–H and O–H groups in total. The van der Waals surface area contributed by atoms with Crippen molar-refractivity contribution in [2.45, 2.75) is 11.5 Å². The van der Waals surface area contributed by atoms with E-state index in [-0.39, 0.29) is 17.0 Å². The van der Waals surface area contributed by atoms with Gasteiger partial charge in [-0.2, -0.15) is 8.78 Å². The van der Waals surface area contributed by atoms with Crippen LogP contribution in [0.5, 0.6) is 11.5 Å². The summed E-state index contributed by atoms with van der Waals surface area (Å²) < 4.78 is 39.2. The van der Waals surface area contributed by atoms with E-state index < -0.39 is 25.1 Å². The number of para-hydroxylation sites is 2. The summed E-state index contributed by atoms with van der Waals surface area (Å²) in [6.45, 7) is -3.63. The average molecular weight is 397 g/mol. The van der Waals surface area contributed by atoms with E-state index in [4.69, 9.17) is 9.47 Å². The minimum absolute atomic E-state index is 0.0424. The van der Waals surface area contributed by atoms with E-state index in [0.717, 1.165) is 4.90 Å². The summed E-state index contributed by atoms with van der Waals surface area (Å²) in [7, 11) is 1.42. The molecule has 6 nitrogen and oxygen atoms in total. The van der Waals surface area contributed by atoms with Gasteiger partial charge in [-0.05, 0) is 36.6 Å². The SMILES string of the molecule is COc1cc(SC)ccc1C(=O)OCC(=O)Nc1ccccc1OC(F)F. The number of carbonyl (C=O) groups excluding carboxylic acids is 2. The molecule has 0 unspecified atom stereocenters. The van der Waals surface area contributed by atoms with E-state index in [0.29, 0.717) is 5.75 Å². The highest BCUT2D eigenvalue weighted by molar-refractivity contribution is 7.98. The Bertz CT molecular complexity index is 816. The number of benzene rings is 2. The number of alkyl halides is 2. The number of ether oxygens (including phenoxy) is 3. The first-order chi connectivity index (χ1) is 12.9. The molecule has 2 aromatic carbocycles. The zero-order valence-corrected chi connectivity index (χ0v) is 15.3. The van der Waals surface area contributed by atoms with Gasteiger partial charge in [-0.3, -0.25) is 4.79 Å². The summed E-state index contributed by atoms with van der Waals surface area (Å²) in [6.07, 6.45) is 1.88. The molecule has 0 aromatic heterocycles. The number of thioether (sulfide) groups is 1. The number of nitrogens with one attached hydrogen (secondary N) is 1. The van der Waals surface area contributed by atoms with Gasteiger partial charge in [-0.25, -0.2) is 4.79 Å². The highest BCUT2D eigenvalue weighted by Gasteiger charge is 2.17. The van der Waals surface area contributed by atoms with E-state index in [1.807, 2.05) is 6.26 Å². The second-order valence-corrected chi connectivity index (χ2v) is 5.94. The van der Waals surface area contributed by atoms with Gasteiger partial charge in [0.2, 0.25) is 0 Å². The van der Waals surface area contributed by atoms with Gasteiger partial charge >= 0.3 is 12.6 Å². The molecule has 0 radical (unpaired) electrons. The van der Waals surface area contributed by atoms with Crippen LogP contribution >= 0.6 is 11.8 Å². The number of hydrogen-bond acceptors (Lipinski definition) is 6. The topological polar surface area (TPSA) is 73.9 Å². The van der Waals surface area contributed by atoms with Gasteiger partial charge in [0, 0.05) is 4.90 Å². The van der Waals surface area contributed by atoms with Crippen LogP contribution < -0.4 is 14.8 Å². The van der Waals surface area contributed by atoms with E-state index >= 15 is 0 Å². The fraction of sp³-hybridized carbons (Fsp3) is 0.222. The van der Waals surface area contributed by atoms with Crippen LogP contribution in [0.4, 0.5) is 14.5 Å². The van der Waals surface area contributed by atoms with Gasteiger partial charge in [-0.1, -0.05) is 12.1 Å². The Balaban J connectivity index is 1.99. The fourth-order valence-corrected chi connectivity index (χ4v) is 2.56. The van der Waals surface area contributed by atoms with E-state index in [9.17, 15) is 18.4 Å². The predicted molar refractivity (Wildman–Crippen MR) is 96.8 cm³/mol. The van der Waals surface area contributed by atoms with E-state index in [1.54, 1.807) is 12.1 Å². The highest BCUT2D eigenvalue weighted by atomic mass is 32.2. The van der Waals surface area contributed by atoms with Crippen molar-refractivity contribution in [3.05, 3.63) is 48.0 Å². The van der Waals surface area contributed by atoms with Gasteiger partial charge < -0.3 is 19.5 Å². The largest absolute Gasteiger partial charge is 0.496 e. The van der Waals surface area contributed by atoms with Crippen molar-refractivity contribution in [1.29, 1.82) is 0 Å². The molecule has 144 valence electrons. The number of esters is 1. The summed E-state index contributed by atoms with van der Waals surface area (Å²) in [5.41, 5.74) is 0.213. The van der Waals surface area contributed by atoms with Gasteiger partial charge in [0.05, 0.1) is 12.8 Å². The maximum Gasteiger partial charge on any atom is 0.387 e. The zero-order valence-electron chi connectivity index (χ0n) is 14.5. The smallest absolute Gasteiger partial charge is 0.387 e. The van der Waals surface area contributed by atoms with Crippen molar-refractivity contribution < 1.29 is 32.6 Å². The number of hydrogen-bond donors (Lipinski definition) is 1. The monoisotopic (exact) mass is 397 g/mol. The first-order valence-electron chi connectivity index (χ1n) is 7.67. The second kappa shape index (κ2) is 9.77. The van der Waals surface area contributed by atoms with Crippen LogP contribution in [-0.2, 0) is 9.53 Å². The van der Waals surface area contributed by atoms with Crippen molar-refractivity contribution in [3.8, 4) is 11.5 Å². The molecule has 27 heavy (non-hydrogen) atoms. The van der Waals surface area contributed by atoms with Gasteiger partial charge in [-0.15, -0.1) is 11.8 Å². The average Bonchev–Trinajstić information content (AvgIpc) is 2.66. The quantitative estimate of drug-likeness (QED) is 0.539.